The van der Waals surface area contributed by atoms with E-state index in [4.69, 9.17) is 4.99 Å². The van der Waals surface area contributed by atoms with Crippen molar-refractivity contribution in [3.63, 3.8) is 0 Å². The third-order valence-corrected chi connectivity index (χ3v) is 7.32. The van der Waals surface area contributed by atoms with Crippen LogP contribution in [0.25, 0.3) is 0 Å². The van der Waals surface area contributed by atoms with Crippen molar-refractivity contribution >= 4 is 40.3 Å². The Morgan fingerprint density at radius 1 is 1.19 bits per heavy atom. The Hall–Kier alpha value is -3.53. The molecule has 37 heavy (non-hydrogen) atoms. The average Bonchev–Trinajstić information content (AvgIpc) is 2.97. The standard InChI is InChI=1S/C27H29F2N5O3/c1-27(2,26(37)34-9-3-4-18(35)14-34)15-5-8-20-22(10-15)32-25(36)19-7-6-16(11-21(19)31-20)30-17-12-23(28)33-24(29)13-17/h5,8,10,12-13,18-19,35H,3-4,6-7,9,11,14H2,1-2H3,(H,32,36)/t18-,19?/m1/s1. The smallest absolute Gasteiger partial charge is 0.233 e. The molecular formula is C27H29F2N5O3. The fourth-order valence-corrected chi connectivity index (χ4v) is 5.25. The van der Waals surface area contributed by atoms with Gasteiger partial charge in [-0.25, -0.2) is 0 Å². The van der Waals surface area contributed by atoms with Crippen LogP contribution in [0.4, 0.5) is 25.8 Å². The van der Waals surface area contributed by atoms with E-state index in [1.165, 1.54) is 0 Å². The summed E-state index contributed by atoms with van der Waals surface area (Å²) in [5.74, 6) is -2.58. The predicted molar refractivity (Wildman–Crippen MR) is 136 cm³/mol. The lowest BCUT2D eigenvalue weighted by Gasteiger charge is -2.36. The topological polar surface area (TPSA) is 107 Å². The van der Waals surface area contributed by atoms with E-state index in [0.29, 0.717) is 61.6 Å². The molecular weight excluding hydrogens is 480 g/mol. The van der Waals surface area contributed by atoms with Gasteiger partial charge in [-0.3, -0.25) is 19.6 Å². The molecule has 1 aliphatic carbocycles. The second kappa shape index (κ2) is 9.74. The molecule has 2 amide bonds. The number of aliphatic imine (C=N–C) groups is 2. The Kier molecular flexibility index (Phi) is 6.61. The molecule has 1 aromatic heterocycles. The monoisotopic (exact) mass is 509 g/mol. The molecule has 2 fully saturated rings. The molecule has 0 bridgehead atoms. The van der Waals surface area contributed by atoms with E-state index in [-0.39, 0.29) is 17.5 Å². The minimum atomic E-state index is -0.943. The van der Waals surface area contributed by atoms with E-state index < -0.39 is 29.3 Å². The first-order valence-electron chi connectivity index (χ1n) is 12.5. The third-order valence-electron chi connectivity index (χ3n) is 7.32. The summed E-state index contributed by atoms with van der Waals surface area (Å²) in [5.41, 5.74) is 2.44. The van der Waals surface area contributed by atoms with Crippen LogP contribution >= 0.6 is 0 Å². The van der Waals surface area contributed by atoms with Crippen molar-refractivity contribution in [2.24, 2.45) is 15.9 Å². The van der Waals surface area contributed by atoms with Gasteiger partial charge in [-0.2, -0.15) is 13.8 Å². The molecule has 3 heterocycles. The molecule has 5 rings (SSSR count). The molecule has 2 aromatic rings. The molecule has 0 spiro atoms. The maximum absolute atomic E-state index is 13.5. The van der Waals surface area contributed by atoms with Gasteiger partial charge in [-0.05, 0) is 57.2 Å². The molecule has 10 heteroatoms. The lowest BCUT2D eigenvalue weighted by atomic mass is 9.82. The van der Waals surface area contributed by atoms with Crippen LogP contribution < -0.4 is 5.32 Å². The van der Waals surface area contributed by atoms with Crippen molar-refractivity contribution in [2.45, 2.75) is 57.5 Å². The molecule has 194 valence electrons. The van der Waals surface area contributed by atoms with Crippen LogP contribution in [-0.4, -0.2) is 57.4 Å². The van der Waals surface area contributed by atoms with E-state index in [2.05, 4.69) is 15.3 Å². The number of carbonyl (C=O) groups is 2. The number of halogens is 2. The van der Waals surface area contributed by atoms with Crippen molar-refractivity contribution in [2.75, 3.05) is 18.4 Å². The number of nitrogens with one attached hydrogen (secondary N) is 1. The summed E-state index contributed by atoms with van der Waals surface area (Å²) in [6, 6.07) is 7.56. The summed E-state index contributed by atoms with van der Waals surface area (Å²) in [5, 5.41) is 13.0. The zero-order chi connectivity index (χ0) is 26.3. The molecule has 8 nitrogen and oxygen atoms in total. The molecule has 1 unspecified atom stereocenters. The Bertz CT molecular complexity index is 1300. The molecule has 2 atom stereocenters. The number of fused-ring (bicyclic) bond motifs is 2. The van der Waals surface area contributed by atoms with Gasteiger partial charge in [0, 0.05) is 43.1 Å². The Labute approximate surface area is 213 Å². The van der Waals surface area contributed by atoms with E-state index in [9.17, 15) is 23.5 Å². The van der Waals surface area contributed by atoms with Crippen LogP contribution in [0.15, 0.2) is 40.3 Å². The van der Waals surface area contributed by atoms with Gasteiger partial charge in [0.25, 0.3) is 0 Å². The zero-order valence-corrected chi connectivity index (χ0v) is 20.8. The van der Waals surface area contributed by atoms with Crippen LogP contribution in [0.3, 0.4) is 0 Å². The number of benzene rings is 1. The molecule has 2 N–H and O–H groups in total. The van der Waals surface area contributed by atoms with Crippen molar-refractivity contribution in [1.82, 2.24) is 9.88 Å². The first kappa shape index (κ1) is 25.1. The minimum Gasteiger partial charge on any atom is -0.391 e. The number of pyridine rings is 1. The highest BCUT2D eigenvalue weighted by atomic mass is 19.1. The highest BCUT2D eigenvalue weighted by Crippen LogP contribution is 2.38. The summed E-state index contributed by atoms with van der Waals surface area (Å²) in [7, 11) is 0. The second-order valence-corrected chi connectivity index (χ2v) is 10.4. The summed E-state index contributed by atoms with van der Waals surface area (Å²) in [6.07, 6.45) is 2.23. The summed E-state index contributed by atoms with van der Waals surface area (Å²) >= 11 is 0. The van der Waals surface area contributed by atoms with Crippen LogP contribution in [0.2, 0.25) is 0 Å². The van der Waals surface area contributed by atoms with Gasteiger partial charge in [-0.15, -0.1) is 0 Å². The van der Waals surface area contributed by atoms with Crippen molar-refractivity contribution in [3.8, 4) is 0 Å². The fraction of sp³-hybridized carbons (Fsp3) is 0.444. The number of β-amino-alcohol motifs (C(OH)–C–C–N with tert-alkyl or cyclic N) is 1. The number of aliphatic hydroxyl groups is 1. The number of aliphatic hydroxyl groups excluding tert-OH is 1. The van der Waals surface area contributed by atoms with Gasteiger partial charge in [0.05, 0.1) is 34.5 Å². The van der Waals surface area contributed by atoms with Crippen LogP contribution in [0, 0.1) is 17.8 Å². The number of carbonyl (C=O) groups excluding carboxylic acids is 2. The minimum absolute atomic E-state index is 0.0732. The Morgan fingerprint density at radius 3 is 2.68 bits per heavy atom. The maximum atomic E-state index is 13.5. The quantitative estimate of drug-likeness (QED) is 0.604. The lowest BCUT2D eigenvalue weighted by molar-refractivity contribution is -0.139. The number of anilines is 1. The number of likely N-dealkylation sites (tertiary alicyclic amines) is 1. The summed E-state index contributed by atoms with van der Waals surface area (Å²) in [6.45, 7) is 4.62. The van der Waals surface area contributed by atoms with Crippen LogP contribution in [-0.2, 0) is 15.0 Å². The van der Waals surface area contributed by atoms with Crippen molar-refractivity contribution in [3.05, 3.63) is 47.8 Å². The number of hydrogen-bond donors (Lipinski definition) is 2. The summed E-state index contributed by atoms with van der Waals surface area (Å²) in [4.78, 5) is 40.4. The molecule has 2 aliphatic heterocycles. The van der Waals surface area contributed by atoms with Crippen molar-refractivity contribution < 1.29 is 23.5 Å². The van der Waals surface area contributed by atoms with Crippen LogP contribution in [0.1, 0.15) is 51.5 Å². The highest BCUT2D eigenvalue weighted by molar-refractivity contribution is 6.20. The lowest BCUT2D eigenvalue weighted by Crippen LogP contribution is -2.49. The largest absolute Gasteiger partial charge is 0.391 e. The Balaban J connectivity index is 1.41. The highest BCUT2D eigenvalue weighted by Gasteiger charge is 2.37. The summed E-state index contributed by atoms with van der Waals surface area (Å²) < 4.78 is 27.0. The normalized spacial score (nSPS) is 23.1. The number of piperidine rings is 1. The SMILES string of the molecule is CC(C)(C(=O)N1CCC[C@@H](O)C1)c1ccc2c(c1)NC(=O)C1CCC(=Nc3cc(F)nc(F)c3)CC1=N2. The number of amides is 2. The zero-order valence-electron chi connectivity index (χ0n) is 20.8. The van der Waals surface area contributed by atoms with Gasteiger partial charge >= 0.3 is 0 Å². The predicted octanol–water partition coefficient (Wildman–Crippen LogP) is 4.22. The molecule has 1 saturated heterocycles. The van der Waals surface area contributed by atoms with Gasteiger partial charge < -0.3 is 15.3 Å². The first-order chi connectivity index (χ1) is 17.6. The van der Waals surface area contributed by atoms with Gasteiger partial charge in [-0.1, -0.05) is 6.07 Å². The van der Waals surface area contributed by atoms with E-state index >= 15 is 0 Å². The average molecular weight is 510 g/mol. The van der Waals surface area contributed by atoms with E-state index in [0.717, 1.165) is 24.1 Å². The van der Waals surface area contributed by atoms with Crippen molar-refractivity contribution in [1.29, 1.82) is 0 Å². The van der Waals surface area contributed by atoms with Gasteiger partial charge in [0.15, 0.2) is 0 Å². The number of hydrogen-bond acceptors (Lipinski definition) is 6. The molecule has 1 saturated carbocycles. The fourth-order valence-electron chi connectivity index (χ4n) is 5.25. The molecule has 0 radical (unpaired) electrons. The Morgan fingerprint density at radius 2 is 1.95 bits per heavy atom. The maximum Gasteiger partial charge on any atom is 0.233 e. The molecule has 1 aromatic carbocycles. The molecule has 3 aliphatic rings. The number of nitrogens with zero attached hydrogens (tertiary/aromatic N) is 4. The van der Waals surface area contributed by atoms with E-state index in [1.807, 2.05) is 19.9 Å². The number of rotatable bonds is 3. The second-order valence-electron chi connectivity index (χ2n) is 10.4. The van der Waals surface area contributed by atoms with Gasteiger partial charge in [0.1, 0.15) is 0 Å². The van der Waals surface area contributed by atoms with Crippen LogP contribution in [0.5, 0.6) is 0 Å². The van der Waals surface area contributed by atoms with Gasteiger partial charge in [0.2, 0.25) is 23.7 Å². The number of aromatic nitrogens is 1. The third kappa shape index (κ3) is 5.16. The van der Waals surface area contributed by atoms with E-state index in [1.54, 1.807) is 17.0 Å². The first-order valence-corrected chi connectivity index (χ1v) is 12.5.